The first-order valence-corrected chi connectivity index (χ1v) is 5.12. The summed E-state index contributed by atoms with van der Waals surface area (Å²) in [4.78, 5) is 23.1. The smallest absolute Gasteiger partial charge is 0.272 e. The van der Waals surface area contributed by atoms with E-state index in [2.05, 4.69) is 10.4 Å². The highest BCUT2D eigenvalue weighted by Gasteiger charge is 2.21. The number of Topliss-reactive ketones (excluding diaryl/α,β-unsaturated/α-hetero) is 1. The van der Waals surface area contributed by atoms with Crippen molar-refractivity contribution in [2.24, 2.45) is 12.5 Å². The van der Waals surface area contributed by atoms with Crippen LogP contribution in [0.15, 0.2) is 12.3 Å². The van der Waals surface area contributed by atoms with Crippen LogP contribution in [0.2, 0.25) is 0 Å². The van der Waals surface area contributed by atoms with Crippen molar-refractivity contribution in [2.45, 2.75) is 20.8 Å². The highest BCUT2D eigenvalue weighted by Crippen LogP contribution is 2.13. The van der Waals surface area contributed by atoms with Gasteiger partial charge >= 0.3 is 0 Å². The molecule has 88 valence electrons. The zero-order valence-electron chi connectivity index (χ0n) is 10.1. The van der Waals surface area contributed by atoms with Crippen molar-refractivity contribution < 1.29 is 9.59 Å². The normalized spacial score (nSPS) is 11.2. The molecule has 0 aromatic carbocycles. The van der Waals surface area contributed by atoms with Gasteiger partial charge in [-0.25, -0.2) is 0 Å². The summed E-state index contributed by atoms with van der Waals surface area (Å²) >= 11 is 0. The van der Waals surface area contributed by atoms with E-state index < -0.39 is 5.41 Å². The molecule has 0 fully saturated rings. The molecule has 5 heteroatoms. The molecule has 0 saturated carbocycles. The van der Waals surface area contributed by atoms with E-state index in [9.17, 15) is 9.59 Å². The van der Waals surface area contributed by atoms with Gasteiger partial charge in [0, 0.05) is 18.7 Å². The lowest BCUT2D eigenvalue weighted by Gasteiger charge is -2.16. The summed E-state index contributed by atoms with van der Waals surface area (Å²) in [5.74, 6) is -0.324. The minimum atomic E-state index is -0.433. The molecule has 0 aliphatic rings. The van der Waals surface area contributed by atoms with Gasteiger partial charge in [-0.1, -0.05) is 20.8 Å². The highest BCUT2D eigenvalue weighted by atomic mass is 16.2. The number of aromatic nitrogens is 2. The van der Waals surface area contributed by atoms with Crippen LogP contribution >= 0.6 is 0 Å². The van der Waals surface area contributed by atoms with Crippen molar-refractivity contribution >= 4 is 11.7 Å². The quantitative estimate of drug-likeness (QED) is 0.823. The Hall–Kier alpha value is -1.65. The number of amides is 1. The fraction of sp³-hybridized carbons (Fsp3) is 0.545. The molecular weight excluding hydrogens is 206 g/mol. The minimum absolute atomic E-state index is 0.00298. The summed E-state index contributed by atoms with van der Waals surface area (Å²) < 4.78 is 1.54. The van der Waals surface area contributed by atoms with E-state index in [1.807, 2.05) is 20.8 Å². The van der Waals surface area contributed by atoms with Gasteiger partial charge < -0.3 is 5.32 Å². The Morgan fingerprint density at radius 3 is 2.50 bits per heavy atom. The van der Waals surface area contributed by atoms with E-state index in [1.54, 1.807) is 24.0 Å². The second-order valence-corrected chi connectivity index (χ2v) is 4.73. The maximum Gasteiger partial charge on any atom is 0.272 e. The number of ketones is 1. The molecule has 1 rings (SSSR count). The number of carbonyl (C=O) groups is 2. The number of hydrogen-bond donors (Lipinski definition) is 1. The first kappa shape index (κ1) is 12.4. The Kier molecular flexibility index (Phi) is 3.47. The second kappa shape index (κ2) is 4.47. The molecule has 0 radical (unpaired) electrons. The maximum absolute atomic E-state index is 11.6. The van der Waals surface area contributed by atoms with Gasteiger partial charge in [0.05, 0.1) is 6.54 Å². The standard InChI is InChI=1S/C11H17N3O2/c1-11(2,3)9(15)7-12-10(16)8-5-6-14(4)13-8/h5-6H,7H2,1-4H3,(H,12,16). The second-order valence-electron chi connectivity index (χ2n) is 4.73. The third-order valence-electron chi connectivity index (χ3n) is 2.19. The van der Waals surface area contributed by atoms with Crippen molar-refractivity contribution in [3.8, 4) is 0 Å². The molecule has 16 heavy (non-hydrogen) atoms. The fourth-order valence-electron chi connectivity index (χ4n) is 1.05. The molecule has 0 atom stereocenters. The zero-order valence-corrected chi connectivity index (χ0v) is 10.1. The molecule has 1 N–H and O–H groups in total. The lowest BCUT2D eigenvalue weighted by atomic mass is 9.91. The maximum atomic E-state index is 11.6. The first-order valence-electron chi connectivity index (χ1n) is 5.12. The van der Waals surface area contributed by atoms with Crippen molar-refractivity contribution in [1.82, 2.24) is 15.1 Å². The van der Waals surface area contributed by atoms with Crippen molar-refractivity contribution in [3.05, 3.63) is 18.0 Å². The van der Waals surface area contributed by atoms with Gasteiger partial charge in [0.15, 0.2) is 5.78 Å². The predicted molar refractivity (Wildman–Crippen MR) is 60.0 cm³/mol. The number of nitrogens with one attached hydrogen (secondary N) is 1. The summed E-state index contributed by atoms with van der Waals surface area (Å²) in [5.41, 5.74) is -0.110. The fourth-order valence-corrected chi connectivity index (χ4v) is 1.05. The van der Waals surface area contributed by atoms with Crippen molar-refractivity contribution in [1.29, 1.82) is 0 Å². The van der Waals surface area contributed by atoms with Gasteiger partial charge in [0.2, 0.25) is 0 Å². The van der Waals surface area contributed by atoms with Crippen LogP contribution in [0, 0.1) is 5.41 Å². The molecule has 1 aromatic rings. The van der Waals surface area contributed by atoms with Crippen LogP contribution in [0.1, 0.15) is 31.3 Å². The van der Waals surface area contributed by atoms with Gasteiger partial charge in [-0.15, -0.1) is 0 Å². The lowest BCUT2D eigenvalue weighted by molar-refractivity contribution is -0.125. The minimum Gasteiger partial charge on any atom is -0.344 e. The Balaban J connectivity index is 2.51. The molecule has 5 nitrogen and oxygen atoms in total. The molecular formula is C11H17N3O2. The number of hydrogen-bond acceptors (Lipinski definition) is 3. The van der Waals surface area contributed by atoms with Crippen LogP contribution in [-0.2, 0) is 11.8 Å². The largest absolute Gasteiger partial charge is 0.344 e. The van der Waals surface area contributed by atoms with Crippen LogP contribution in [0.3, 0.4) is 0 Å². The lowest BCUT2D eigenvalue weighted by Crippen LogP contribution is -2.35. The zero-order chi connectivity index (χ0) is 12.3. The molecule has 1 aromatic heterocycles. The van der Waals surface area contributed by atoms with Crippen molar-refractivity contribution in [2.75, 3.05) is 6.54 Å². The Labute approximate surface area is 94.8 Å². The van der Waals surface area contributed by atoms with Crippen LogP contribution < -0.4 is 5.32 Å². The van der Waals surface area contributed by atoms with Gasteiger partial charge in [-0.2, -0.15) is 5.10 Å². The molecule has 1 amide bonds. The SMILES string of the molecule is Cn1ccc(C(=O)NCC(=O)C(C)(C)C)n1. The van der Waals surface area contributed by atoms with Gasteiger partial charge in [-0.3, -0.25) is 14.3 Å². The molecule has 0 aliphatic heterocycles. The summed E-state index contributed by atoms with van der Waals surface area (Å²) in [6, 6.07) is 1.61. The number of carbonyl (C=O) groups excluding carboxylic acids is 2. The Morgan fingerprint density at radius 2 is 2.06 bits per heavy atom. The third-order valence-corrected chi connectivity index (χ3v) is 2.19. The summed E-state index contributed by atoms with van der Waals surface area (Å²) in [7, 11) is 1.73. The molecule has 0 aliphatic carbocycles. The Morgan fingerprint density at radius 1 is 1.44 bits per heavy atom. The van der Waals surface area contributed by atoms with Crippen molar-refractivity contribution in [3.63, 3.8) is 0 Å². The average molecular weight is 223 g/mol. The van der Waals surface area contributed by atoms with Crippen LogP contribution in [0.4, 0.5) is 0 Å². The van der Waals surface area contributed by atoms with Gasteiger partial charge in [0.1, 0.15) is 5.69 Å². The summed E-state index contributed by atoms with van der Waals surface area (Å²) in [5, 5.41) is 6.50. The number of rotatable bonds is 3. The summed E-state index contributed by atoms with van der Waals surface area (Å²) in [6.45, 7) is 5.51. The molecule has 0 bridgehead atoms. The number of aryl methyl sites for hydroxylation is 1. The number of nitrogens with zero attached hydrogens (tertiary/aromatic N) is 2. The molecule has 0 spiro atoms. The van der Waals surface area contributed by atoms with E-state index >= 15 is 0 Å². The average Bonchev–Trinajstić information content (AvgIpc) is 2.59. The topological polar surface area (TPSA) is 64.0 Å². The highest BCUT2D eigenvalue weighted by molar-refractivity contribution is 5.96. The van der Waals surface area contributed by atoms with E-state index in [-0.39, 0.29) is 18.2 Å². The van der Waals surface area contributed by atoms with Gasteiger partial charge in [-0.05, 0) is 6.07 Å². The summed E-state index contributed by atoms with van der Waals surface area (Å²) in [6.07, 6.45) is 1.68. The Bertz CT molecular complexity index is 402. The first-order chi connectivity index (χ1) is 7.30. The van der Waals surface area contributed by atoms with Crippen LogP contribution in [-0.4, -0.2) is 28.0 Å². The monoisotopic (exact) mass is 223 g/mol. The van der Waals surface area contributed by atoms with Crippen LogP contribution in [0.5, 0.6) is 0 Å². The van der Waals surface area contributed by atoms with E-state index in [0.717, 1.165) is 0 Å². The van der Waals surface area contributed by atoms with Gasteiger partial charge in [0.25, 0.3) is 5.91 Å². The van der Waals surface area contributed by atoms with E-state index in [1.165, 1.54) is 0 Å². The molecule has 0 unspecified atom stereocenters. The molecule has 0 saturated heterocycles. The van der Waals surface area contributed by atoms with E-state index in [0.29, 0.717) is 5.69 Å². The molecule has 1 heterocycles. The van der Waals surface area contributed by atoms with E-state index in [4.69, 9.17) is 0 Å². The van der Waals surface area contributed by atoms with Crippen LogP contribution in [0.25, 0.3) is 0 Å². The third kappa shape index (κ3) is 3.18. The predicted octanol–water partition coefficient (Wildman–Crippen LogP) is 0.765.